The number of nitro benzene ring substituents is 1. The topological polar surface area (TPSA) is 101 Å². The molecule has 1 heterocycles. The fraction of sp³-hybridized carbons (Fsp3) is 0.235. The predicted octanol–water partition coefficient (Wildman–Crippen LogP) is 3.16. The van der Waals surface area contributed by atoms with E-state index in [0.29, 0.717) is 4.47 Å². The Hall–Kier alpha value is -2.01. The van der Waals surface area contributed by atoms with Crippen LogP contribution in [0.2, 0.25) is 5.02 Å². The largest absolute Gasteiger partial charge is 0.336 e. The summed E-state index contributed by atoms with van der Waals surface area (Å²) in [4.78, 5) is 24.5. The number of benzene rings is 2. The summed E-state index contributed by atoms with van der Waals surface area (Å²) in [5.41, 5.74) is -0.0537. The monoisotopic (exact) mass is 487 g/mol. The Morgan fingerprint density at radius 1 is 1.11 bits per heavy atom. The van der Waals surface area contributed by atoms with E-state index >= 15 is 0 Å². The van der Waals surface area contributed by atoms with Gasteiger partial charge >= 0.3 is 0 Å². The first-order valence-electron chi connectivity index (χ1n) is 8.19. The van der Waals surface area contributed by atoms with Crippen molar-refractivity contribution in [3.05, 3.63) is 67.6 Å². The Balaban J connectivity index is 1.71. The standard InChI is InChI=1S/C17H15BrClN3O5S/c18-12-2-1-3-14(10-12)28(26,27)21-8-6-20(7-9-21)17(23)15-5-4-13(22(24)25)11-16(15)19/h1-5,10-11H,6-9H2. The zero-order valence-corrected chi connectivity index (χ0v) is 17.6. The Morgan fingerprint density at radius 3 is 2.36 bits per heavy atom. The average molecular weight is 489 g/mol. The van der Waals surface area contributed by atoms with Gasteiger partial charge in [-0.05, 0) is 24.3 Å². The van der Waals surface area contributed by atoms with Crippen LogP contribution in [0.1, 0.15) is 10.4 Å². The summed E-state index contributed by atoms with van der Waals surface area (Å²) in [7, 11) is -3.66. The molecule has 0 aromatic heterocycles. The number of carbonyl (C=O) groups excluding carboxylic acids is 1. The normalized spacial score (nSPS) is 15.4. The highest BCUT2D eigenvalue weighted by Crippen LogP contribution is 2.25. The summed E-state index contributed by atoms with van der Waals surface area (Å²) >= 11 is 9.28. The third-order valence-corrected chi connectivity index (χ3v) is 7.05. The van der Waals surface area contributed by atoms with Crippen molar-refractivity contribution in [2.75, 3.05) is 26.2 Å². The highest BCUT2D eigenvalue weighted by Gasteiger charge is 2.31. The van der Waals surface area contributed by atoms with Gasteiger partial charge in [0.25, 0.3) is 11.6 Å². The van der Waals surface area contributed by atoms with Crippen molar-refractivity contribution < 1.29 is 18.1 Å². The number of nitrogens with zero attached hydrogens (tertiary/aromatic N) is 3. The molecule has 0 spiro atoms. The van der Waals surface area contributed by atoms with Gasteiger partial charge in [-0.3, -0.25) is 14.9 Å². The molecule has 2 aromatic carbocycles. The van der Waals surface area contributed by atoms with Gasteiger partial charge < -0.3 is 4.90 Å². The van der Waals surface area contributed by atoms with Gasteiger partial charge in [-0.25, -0.2) is 8.42 Å². The quantitative estimate of drug-likeness (QED) is 0.486. The zero-order chi connectivity index (χ0) is 20.5. The van der Waals surface area contributed by atoms with Crippen molar-refractivity contribution in [1.29, 1.82) is 0 Å². The maximum Gasteiger partial charge on any atom is 0.270 e. The van der Waals surface area contributed by atoms with E-state index in [-0.39, 0.29) is 53.3 Å². The van der Waals surface area contributed by atoms with Gasteiger partial charge in [-0.2, -0.15) is 4.31 Å². The molecular weight excluding hydrogens is 474 g/mol. The lowest BCUT2D eigenvalue weighted by Gasteiger charge is -2.34. The number of rotatable bonds is 4. The van der Waals surface area contributed by atoms with E-state index < -0.39 is 14.9 Å². The van der Waals surface area contributed by atoms with Crippen molar-refractivity contribution in [2.24, 2.45) is 0 Å². The van der Waals surface area contributed by atoms with Crippen molar-refractivity contribution in [3.8, 4) is 0 Å². The van der Waals surface area contributed by atoms with E-state index in [1.807, 2.05) is 0 Å². The number of hydrogen-bond acceptors (Lipinski definition) is 5. The number of piperazine rings is 1. The molecular formula is C17H15BrClN3O5S. The summed E-state index contributed by atoms with van der Waals surface area (Å²) in [5, 5.41) is 10.8. The Kier molecular flexibility index (Phi) is 6.04. The van der Waals surface area contributed by atoms with Crippen LogP contribution in [-0.4, -0.2) is 54.6 Å². The summed E-state index contributed by atoms with van der Waals surface area (Å²) in [6.07, 6.45) is 0. The van der Waals surface area contributed by atoms with Crippen LogP contribution < -0.4 is 0 Å². The van der Waals surface area contributed by atoms with Crippen LogP contribution >= 0.6 is 27.5 Å². The molecule has 11 heteroatoms. The second-order valence-electron chi connectivity index (χ2n) is 6.07. The van der Waals surface area contributed by atoms with Crippen molar-refractivity contribution >= 4 is 49.1 Å². The number of sulfonamides is 1. The molecule has 1 saturated heterocycles. The molecule has 0 atom stereocenters. The highest BCUT2D eigenvalue weighted by atomic mass is 79.9. The van der Waals surface area contributed by atoms with Gasteiger partial charge in [0.1, 0.15) is 0 Å². The minimum absolute atomic E-state index is 0.0108. The van der Waals surface area contributed by atoms with E-state index in [1.165, 1.54) is 33.5 Å². The molecule has 3 rings (SSSR count). The molecule has 1 aliphatic rings. The maximum atomic E-state index is 12.8. The molecule has 0 N–H and O–H groups in total. The molecule has 1 aliphatic heterocycles. The molecule has 0 bridgehead atoms. The zero-order valence-electron chi connectivity index (χ0n) is 14.4. The van der Waals surface area contributed by atoms with Crippen LogP contribution in [0, 0.1) is 10.1 Å². The third-order valence-electron chi connectivity index (χ3n) is 4.35. The molecule has 0 saturated carbocycles. The maximum absolute atomic E-state index is 12.8. The van der Waals surface area contributed by atoms with Crippen LogP contribution in [-0.2, 0) is 10.0 Å². The van der Waals surface area contributed by atoms with E-state index in [0.717, 1.165) is 6.07 Å². The van der Waals surface area contributed by atoms with Crippen LogP contribution in [0.3, 0.4) is 0 Å². The van der Waals surface area contributed by atoms with Crippen LogP contribution in [0.4, 0.5) is 5.69 Å². The summed E-state index contributed by atoms with van der Waals surface area (Å²) in [6.45, 7) is 0.676. The number of carbonyl (C=O) groups is 1. The predicted molar refractivity (Wildman–Crippen MR) is 107 cm³/mol. The van der Waals surface area contributed by atoms with Crippen molar-refractivity contribution in [2.45, 2.75) is 4.90 Å². The van der Waals surface area contributed by atoms with Gasteiger partial charge in [0.15, 0.2) is 0 Å². The first-order chi connectivity index (χ1) is 13.2. The summed E-state index contributed by atoms with van der Waals surface area (Å²) in [6, 6.07) is 10.1. The Morgan fingerprint density at radius 2 is 1.79 bits per heavy atom. The Labute approximate surface area is 175 Å². The van der Waals surface area contributed by atoms with E-state index in [1.54, 1.807) is 12.1 Å². The van der Waals surface area contributed by atoms with Gasteiger partial charge in [0, 0.05) is 42.8 Å². The van der Waals surface area contributed by atoms with E-state index in [9.17, 15) is 23.3 Å². The second kappa shape index (κ2) is 8.16. The summed E-state index contributed by atoms with van der Waals surface area (Å²) in [5.74, 6) is -0.389. The highest BCUT2D eigenvalue weighted by molar-refractivity contribution is 9.10. The number of non-ortho nitro benzene ring substituents is 1. The van der Waals surface area contributed by atoms with Gasteiger partial charge in [0.05, 0.1) is 20.4 Å². The molecule has 0 radical (unpaired) electrons. The molecule has 1 amide bonds. The Bertz CT molecular complexity index is 1040. The SMILES string of the molecule is O=C(c1ccc([N+](=O)[O-])cc1Cl)N1CCN(S(=O)(=O)c2cccc(Br)c2)CC1. The van der Waals surface area contributed by atoms with Crippen molar-refractivity contribution in [1.82, 2.24) is 9.21 Å². The van der Waals surface area contributed by atoms with Gasteiger partial charge in [0.2, 0.25) is 10.0 Å². The molecule has 2 aromatic rings. The molecule has 28 heavy (non-hydrogen) atoms. The lowest BCUT2D eigenvalue weighted by atomic mass is 10.1. The van der Waals surface area contributed by atoms with Gasteiger partial charge in [-0.15, -0.1) is 0 Å². The van der Waals surface area contributed by atoms with Gasteiger partial charge in [-0.1, -0.05) is 33.6 Å². The minimum Gasteiger partial charge on any atom is -0.336 e. The molecule has 0 unspecified atom stereocenters. The number of hydrogen-bond donors (Lipinski definition) is 0. The van der Waals surface area contributed by atoms with Crippen LogP contribution in [0.25, 0.3) is 0 Å². The molecule has 8 nitrogen and oxygen atoms in total. The van der Waals surface area contributed by atoms with E-state index in [4.69, 9.17) is 11.6 Å². The molecule has 148 valence electrons. The number of halogens is 2. The second-order valence-corrected chi connectivity index (χ2v) is 9.34. The smallest absolute Gasteiger partial charge is 0.270 e. The summed E-state index contributed by atoms with van der Waals surface area (Å²) < 4.78 is 27.5. The molecule has 1 fully saturated rings. The van der Waals surface area contributed by atoms with Crippen molar-refractivity contribution in [3.63, 3.8) is 0 Å². The number of nitro groups is 1. The lowest BCUT2D eigenvalue weighted by Crippen LogP contribution is -2.50. The minimum atomic E-state index is -3.66. The molecule has 0 aliphatic carbocycles. The fourth-order valence-electron chi connectivity index (χ4n) is 2.87. The number of amides is 1. The first kappa shape index (κ1) is 20.7. The fourth-order valence-corrected chi connectivity index (χ4v) is 5.14. The van der Waals surface area contributed by atoms with E-state index in [2.05, 4.69) is 15.9 Å². The lowest BCUT2D eigenvalue weighted by molar-refractivity contribution is -0.384. The van der Waals surface area contributed by atoms with Crippen LogP contribution in [0.5, 0.6) is 0 Å². The van der Waals surface area contributed by atoms with Crippen LogP contribution in [0.15, 0.2) is 51.8 Å². The first-order valence-corrected chi connectivity index (χ1v) is 10.8. The third kappa shape index (κ3) is 4.19. The average Bonchev–Trinajstić information content (AvgIpc) is 2.67.